The molecule has 4 heteroatoms. The van der Waals surface area contributed by atoms with Gasteiger partial charge in [0, 0.05) is 21.5 Å². The second-order valence-electron chi connectivity index (χ2n) is 14.4. The van der Waals surface area contributed by atoms with Gasteiger partial charge in [-0.05, 0) is 110 Å². The van der Waals surface area contributed by atoms with E-state index in [0.717, 1.165) is 87.6 Å². The SMILES string of the molecule is COc1cccc2c3cccc4c5cccc6c7cccc(OC)c7c7c(OC)cccc7c7cccc(c8cccc(c9cccc(OC)c9c12)c8c34)c7c65. The average molecular weight is 725 g/mol. The molecule has 0 unspecified atom stereocenters. The van der Waals surface area contributed by atoms with Crippen molar-refractivity contribution in [3.05, 3.63) is 146 Å². The van der Waals surface area contributed by atoms with Crippen molar-refractivity contribution < 1.29 is 18.9 Å². The fourth-order valence-corrected chi connectivity index (χ4v) is 9.82. The Bertz CT molecular complexity index is 3060. The minimum absolute atomic E-state index is 0.802. The molecule has 0 saturated heterocycles. The van der Waals surface area contributed by atoms with Crippen molar-refractivity contribution in [1.29, 1.82) is 0 Å². The van der Waals surface area contributed by atoms with E-state index in [1.807, 2.05) is 0 Å². The van der Waals surface area contributed by atoms with Crippen LogP contribution in [0, 0.1) is 0 Å². The topological polar surface area (TPSA) is 36.9 Å². The zero-order valence-corrected chi connectivity index (χ0v) is 31.5. The Balaban J connectivity index is 1.60. The molecule has 0 atom stereocenters. The van der Waals surface area contributed by atoms with Crippen LogP contribution in [-0.2, 0) is 0 Å². The van der Waals surface area contributed by atoms with Gasteiger partial charge >= 0.3 is 0 Å². The molecule has 0 bridgehead atoms. The third kappa shape index (κ3) is 4.24. The molecule has 0 heterocycles. The first-order valence-electron chi connectivity index (χ1n) is 18.9. The van der Waals surface area contributed by atoms with Crippen LogP contribution in [-0.4, -0.2) is 28.4 Å². The molecule has 0 N–H and O–H groups in total. The number of fused-ring (bicyclic) bond motifs is 12. The number of benzene rings is 8. The summed E-state index contributed by atoms with van der Waals surface area (Å²) >= 11 is 0. The summed E-state index contributed by atoms with van der Waals surface area (Å²) < 4.78 is 24.7. The van der Waals surface area contributed by atoms with E-state index in [0.29, 0.717) is 0 Å². The molecule has 0 aliphatic heterocycles. The molecule has 4 nitrogen and oxygen atoms in total. The lowest BCUT2D eigenvalue weighted by Crippen LogP contribution is -1.93. The number of ether oxygens (including phenoxy) is 4. The molecule has 11 aromatic carbocycles. The predicted molar refractivity (Wildman–Crippen MR) is 237 cm³/mol. The van der Waals surface area contributed by atoms with Crippen LogP contribution in [0.2, 0.25) is 0 Å². The molecule has 0 spiro atoms. The first-order chi connectivity index (χ1) is 27.7. The molecule has 11 aromatic rings. The van der Waals surface area contributed by atoms with Crippen LogP contribution in [0.4, 0.5) is 0 Å². The molecule has 0 saturated carbocycles. The number of hydrogen-bond donors (Lipinski definition) is 0. The highest BCUT2D eigenvalue weighted by molar-refractivity contribution is 6.43. The molecule has 11 rings (SSSR count). The average Bonchev–Trinajstić information content (AvgIpc) is 3.25. The van der Waals surface area contributed by atoms with Gasteiger partial charge in [-0.25, -0.2) is 0 Å². The fourth-order valence-electron chi connectivity index (χ4n) is 9.82. The molecule has 0 fully saturated rings. The van der Waals surface area contributed by atoms with Crippen LogP contribution in [0.25, 0.3) is 108 Å². The Morgan fingerprint density at radius 3 is 0.500 bits per heavy atom. The maximum atomic E-state index is 6.17. The molecular weight excluding hydrogens is 689 g/mol. The van der Waals surface area contributed by atoms with Crippen molar-refractivity contribution in [2.45, 2.75) is 0 Å². The lowest BCUT2D eigenvalue weighted by Gasteiger charge is -2.19. The van der Waals surface area contributed by atoms with Crippen LogP contribution in [0.3, 0.4) is 0 Å². The molecule has 0 aromatic heterocycles. The molecular formula is C52H36O4. The maximum absolute atomic E-state index is 6.17. The smallest absolute Gasteiger partial charge is 0.127 e. The quantitative estimate of drug-likeness (QED) is 0.181. The van der Waals surface area contributed by atoms with Crippen molar-refractivity contribution in [2.24, 2.45) is 0 Å². The van der Waals surface area contributed by atoms with Gasteiger partial charge in [-0.15, -0.1) is 0 Å². The highest BCUT2D eigenvalue weighted by atomic mass is 16.5. The Hall–Kier alpha value is -7.04. The lowest BCUT2D eigenvalue weighted by molar-refractivity contribution is 0.416. The minimum atomic E-state index is 0.802. The van der Waals surface area contributed by atoms with Gasteiger partial charge in [-0.2, -0.15) is 0 Å². The van der Waals surface area contributed by atoms with Crippen molar-refractivity contribution in [1.82, 2.24) is 0 Å². The Kier molecular flexibility index (Phi) is 7.08. The van der Waals surface area contributed by atoms with Crippen molar-refractivity contribution in [2.75, 3.05) is 28.4 Å². The molecule has 56 heavy (non-hydrogen) atoms. The van der Waals surface area contributed by atoms with Crippen LogP contribution < -0.4 is 18.9 Å². The maximum Gasteiger partial charge on any atom is 0.127 e. The summed E-state index contributed by atoms with van der Waals surface area (Å²) in [6, 6.07) is 52.6. The number of hydrogen-bond acceptors (Lipinski definition) is 4. The van der Waals surface area contributed by atoms with E-state index >= 15 is 0 Å². The van der Waals surface area contributed by atoms with Gasteiger partial charge in [0.15, 0.2) is 0 Å². The summed E-state index contributed by atoms with van der Waals surface area (Å²) in [7, 11) is 7.01. The number of rotatable bonds is 4. The zero-order valence-electron chi connectivity index (χ0n) is 31.5. The summed E-state index contributed by atoms with van der Waals surface area (Å²) in [5.74, 6) is 3.21. The van der Waals surface area contributed by atoms with Gasteiger partial charge in [0.25, 0.3) is 0 Å². The molecule has 268 valence electrons. The fraction of sp³-hybridized carbons (Fsp3) is 0.0769. The molecule has 0 aliphatic rings. The summed E-state index contributed by atoms with van der Waals surface area (Å²) in [5.41, 5.74) is 0. The van der Waals surface area contributed by atoms with E-state index in [9.17, 15) is 0 Å². The standard InChI is InChI=1S/C52H36O4/c1-53-41-25-9-21-37-33-17-5-13-29-30-15-7-19-35-39-23-11-27-43(55-3)51(39)52-40(24-12-28-44(52)56-4)36-20-8-16-32(48(36)47(30)35)31-14-6-18-34(46(31)45(29)33)38-22-10-26-42(54-2)50(38)49(37)41/h5-28H,1-4H3. The van der Waals surface area contributed by atoms with Gasteiger partial charge in [0.2, 0.25) is 0 Å². The molecule has 0 aliphatic carbocycles. The Morgan fingerprint density at radius 2 is 0.339 bits per heavy atom. The van der Waals surface area contributed by atoms with E-state index in [2.05, 4.69) is 146 Å². The lowest BCUT2D eigenvalue weighted by atomic mass is 9.85. The van der Waals surface area contributed by atoms with Crippen LogP contribution in [0.5, 0.6) is 23.0 Å². The predicted octanol–water partition coefficient (Wildman–Crippen LogP) is 13.8. The van der Waals surface area contributed by atoms with E-state index in [1.54, 1.807) is 28.4 Å². The van der Waals surface area contributed by atoms with Crippen molar-refractivity contribution in [3.8, 4) is 23.0 Å². The summed E-state index contributed by atoms with van der Waals surface area (Å²) in [5, 5.41) is 22.5. The van der Waals surface area contributed by atoms with E-state index in [-0.39, 0.29) is 0 Å². The second-order valence-corrected chi connectivity index (χ2v) is 14.4. The molecule has 0 amide bonds. The van der Waals surface area contributed by atoms with Crippen molar-refractivity contribution >= 4 is 108 Å². The summed E-state index contributed by atoms with van der Waals surface area (Å²) in [4.78, 5) is 0. The van der Waals surface area contributed by atoms with Gasteiger partial charge in [0.1, 0.15) is 23.0 Å². The molecule has 0 radical (unpaired) electrons. The van der Waals surface area contributed by atoms with Crippen LogP contribution in [0.1, 0.15) is 0 Å². The highest BCUT2D eigenvalue weighted by Gasteiger charge is 2.21. The Morgan fingerprint density at radius 1 is 0.196 bits per heavy atom. The van der Waals surface area contributed by atoms with Crippen molar-refractivity contribution in [3.63, 3.8) is 0 Å². The first-order valence-corrected chi connectivity index (χ1v) is 18.9. The second kappa shape index (κ2) is 12.2. The first kappa shape index (κ1) is 32.4. The van der Waals surface area contributed by atoms with Crippen LogP contribution in [0.15, 0.2) is 146 Å². The number of methoxy groups -OCH3 is 4. The third-order valence-corrected chi connectivity index (χ3v) is 12.0. The Labute approximate surface area is 322 Å². The van der Waals surface area contributed by atoms with E-state index in [1.165, 1.54) is 43.1 Å². The van der Waals surface area contributed by atoms with Crippen LogP contribution >= 0.6 is 0 Å². The minimum Gasteiger partial charge on any atom is -0.496 e. The summed E-state index contributed by atoms with van der Waals surface area (Å²) in [6.07, 6.45) is 0. The monoisotopic (exact) mass is 724 g/mol. The van der Waals surface area contributed by atoms with Gasteiger partial charge in [-0.3, -0.25) is 0 Å². The third-order valence-electron chi connectivity index (χ3n) is 12.0. The van der Waals surface area contributed by atoms with Gasteiger partial charge in [0.05, 0.1) is 28.4 Å². The largest absolute Gasteiger partial charge is 0.496 e. The zero-order chi connectivity index (χ0) is 37.7. The summed E-state index contributed by atoms with van der Waals surface area (Å²) in [6.45, 7) is 0. The highest BCUT2D eigenvalue weighted by Crippen LogP contribution is 2.50. The van der Waals surface area contributed by atoms with Gasteiger partial charge in [-0.1, -0.05) is 121 Å². The van der Waals surface area contributed by atoms with E-state index in [4.69, 9.17) is 18.9 Å². The van der Waals surface area contributed by atoms with Gasteiger partial charge < -0.3 is 18.9 Å². The van der Waals surface area contributed by atoms with E-state index < -0.39 is 0 Å². The normalized spacial score (nSPS) is 11.9.